The first-order chi connectivity index (χ1) is 15.1. The van der Waals surface area contributed by atoms with Crippen molar-refractivity contribution in [3.63, 3.8) is 0 Å². The lowest BCUT2D eigenvalue weighted by molar-refractivity contribution is -0.137. The molecule has 0 saturated carbocycles. The van der Waals surface area contributed by atoms with E-state index in [0.717, 1.165) is 27.8 Å². The molecular weight excluding hydrogens is 419 g/mol. The lowest BCUT2D eigenvalue weighted by Gasteiger charge is -2.25. The molecule has 1 atom stereocenters. The van der Waals surface area contributed by atoms with E-state index in [0.29, 0.717) is 11.1 Å². The van der Waals surface area contributed by atoms with Gasteiger partial charge in [0.15, 0.2) is 0 Å². The molecule has 5 nitrogen and oxygen atoms in total. The molecule has 0 radical (unpaired) electrons. The van der Waals surface area contributed by atoms with Gasteiger partial charge in [0.05, 0.1) is 12.2 Å². The number of alkyl halides is 3. The summed E-state index contributed by atoms with van der Waals surface area (Å²) in [5.74, 6) is -0.378. The number of rotatable bonds is 5. The number of benzene rings is 3. The van der Waals surface area contributed by atoms with Crippen LogP contribution in [0.3, 0.4) is 0 Å². The number of carbonyl (C=O) groups excluding carboxylic acids is 2. The fourth-order valence-electron chi connectivity index (χ4n) is 3.92. The maximum absolute atomic E-state index is 13.2. The molecule has 3 aromatic carbocycles. The predicted octanol–water partition coefficient (Wildman–Crippen LogP) is 4.72. The number of carbonyl (C=O) groups is 2. The first kappa shape index (κ1) is 21.8. The summed E-state index contributed by atoms with van der Waals surface area (Å²) >= 11 is 0. The smallest absolute Gasteiger partial charge is 0.319 e. The van der Waals surface area contributed by atoms with E-state index in [1.165, 1.54) is 12.1 Å². The summed E-state index contributed by atoms with van der Waals surface area (Å²) in [6.07, 6.45) is -4.39. The Bertz CT molecular complexity index is 1180. The number of fused-ring (bicyclic) bond motifs is 1. The summed E-state index contributed by atoms with van der Waals surface area (Å²) < 4.78 is 38.2. The number of hydrogen-bond acceptors (Lipinski definition) is 3. The van der Waals surface area contributed by atoms with Crippen LogP contribution in [0.4, 0.5) is 18.0 Å². The van der Waals surface area contributed by atoms with E-state index in [9.17, 15) is 22.8 Å². The van der Waals surface area contributed by atoms with Gasteiger partial charge < -0.3 is 5.32 Å². The van der Waals surface area contributed by atoms with Gasteiger partial charge in [0.1, 0.15) is 5.54 Å². The summed E-state index contributed by atoms with van der Waals surface area (Å²) in [4.78, 5) is 28.7. The summed E-state index contributed by atoms with van der Waals surface area (Å²) in [5, 5.41) is 4.79. The zero-order valence-corrected chi connectivity index (χ0v) is 17.6. The molecule has 1 aliphatic rings. The van der Waals surface area contributed by atoms with Gasteiger partial charge in [-0.2, -0.15) is 13.2 Å². The molecule has 1 saturated heterocycles. The molecule has 0 spiro atoms. The third-order valence-electron chi connectivity index (χ3n) is 5.72. The lowest BCUT2D eigenvalue weighted by Crippen LogP contribution is -2.42. The maximum Gasteiger partial charge on any atom is 0.416 e. The molecule has 3 amide bonds. The van der Waals surface area contributed by atoms with Gasteiger partial charge in [-0.1, -0.05) is 48.5 Å². The molecule has 3 aromatic rings. The van der Waals surface area contributed by atoms with E-state index in [1.54, 1.807) is 18.9 Å². The van der Waals surface area contributed by atoms with Gasteiger partial charge in [-0.3, -0.25) is 9.69 Å². The highest BCUT2D eigenvalue weighted by Gasteiger charge is 2.49. The van der Waals surface area contributed by atoms with Crippen LogP contribution in [-0.2, 0) is 23.1 Å². The number of nitrogens with one attached hydrogen (secondary N) is 1. The van der Waals surface area contributed by atoms with Crippen LogP contribution in [0.25, 0.3) is 10.8 Å². The standard InChI is InChI=1S/C24H22F3N3O2/c1-23(20-12-9-17-5-3-4-6-18(17)13-20)21(31)30(22(32)28-23)15-29(2)14-16-7-10-19(11-8-16)24(25,26)27/h3-13H,14-15H2,1-2H3,(H,28,32)/t23-/m0/s1. The van der Waals surface area contributed by atoms with E-state index in [2.05, 4.69) is 5.32 Å². The zero-order valence-electron chi connectivity index (χ0n) is 17.6. The molecule has 166 valence electrons. The highest BCUT2D eigenvalue weighted by molar-refractivity contribution is 6.07. The van der Waals surface area contributed by atoms with Gasteiger partial charge in [0.25, 0.3) is 5.91 Å². The Labute approximate surface area is 183 Å². The second-order valence-corrected chi connectivity index (χ2v) is 8.20. The van der Waals surface area contributed by atoms with Crippen molar-refractivity contribution >= 4 is 22.7 Å². The van der Waals surface area contributed by atoms with Gasteiger partial charge in [-0.15, -0.1) is 0 Å². The Morgan fingerprint density at radius 1 is 0.969 bits per heavy atom. The highest BCUT2D eigenvalue weighted by Crippen LogP contribution is 2.32. The minimum atomic E-state index is -4.39. The highest BCUT2D eigenvalue weighted by atomic mass is 19.4. The number of amides is 3. The monoisotopic (exact) mass is 441 g/mol. The van der Waals surface area contributed by atoms with E-state index < -0.39 is 23.3 Å². The SMILES string of the molecule is CN(Cc1ccc(C(F)(F)F)cc1)CN1C(=O)N[C@@](C)(c2ccc3ccccc3c2)C1=O. The Hall–Kier alpha value is -3.39. The van der Waals surface area contributed by atoms with Crippen molar-refractivity contribution in [3.8, 4) is 0 Å². The van der Waals surface area contributed by atoms with E-state index in [-0.39, 0.29) is 19.1 Å². The molecule has 0 unspecified atom stereocenters. The molecule has 8 heteroatoms. The van der Waals surface area contributed by atoms with Crippen LogP contribution >= 0.6 is 0 Å². The van der Waals surface area contributed by atoms with Crippen LogP contribution < -0.4 is 5.32 Å². The average molecular weight is 441 g/mol. The van der Waals surface area contributed by atoms with Crippen molar-refractivity contribution in [2.24, 2.45) is 0 Å². The Morgan fingerprint density at radius 2 is 1.62 bits per heavy atom. The van der Waals surface area contributed by atoms with Crippen molar-refractivity contribution in [1.29, 1.82) is 0 Å². The third-order valence-corrected chi connectivity index (χ3v) is 5.72. The third kappa shape index (κ3) is 4.05. The number of halogens is 3. The molecule has 1 fully saturated rings. The molecule has 0 aromatic heterocycles. The van der Waals surface area contributed by atoms with Gasteiger partial charge in [-0.05, 0) is 54.1 Å². The second-order valence-electron chi connectivity index (χ2n) is 8.20. The number of nitrogens with zero attached hydrogens (tertiary/aromatic N) is 2. The topological polar surface area (TPSA) is 52.6 Å². The Morgan fingerprint density at radius 3 is 2.28 bits per heavy atom. The first-order valence-corrected chi connectivity index (χ1v) is 10.1. The van der Waals surface area contributed by atoms with Crippen molar-refractivity contribution in [2.45, 2.75) is 25.2 Å². The second kappa shape index (κ2) is 7.94. The van der Waals surface area contributed by atoms with Crippen LogP contribution in [0, 0.1) is 0 Å². The zero-order chi connectivity index (χ0) is 23.1. The van der Waals surface area contributed by atoms with Crippen LogP contribution in [0.5, 0.6) is 0 Å². The molecular formula is C24H22F3N3O2. The van der Waals surface area contributed by atoms with Crippen LogP contribution in [0.1, 0.15) is 23.6 Å². The Kier molecular flexibility index (Phi) is 5.42. The van der Waals surface area contributed by atoms with Gasteiger partial charge in [-0.25, -0.2) is 9.69 Å². The minimum Gasteiger partial charge on any atom is -0.319 e. The van der Waals surface area contributed by atoms with E-state index >= 15 is 0 Å². The molecule has 0 bridgehead atoms. The molecule has 1 aliphatic heterocycles. The minimum absolute atomic E-state index is 0.00879. The lowest BCUT2D eigenvalue weighted by atomic mass is 9.90. The van der Waals surface area contributed by atoms with Gasteiger partial charge in [0, 0.05) is 6.54 Å². The van der Waals surface area contributed by atoms with Gasteiger partial charge in [0.2, 0.25) is 0 Å². The normalized spacial score (nSPS) is 19.1. The quantitative estimate of drug-likeness (QED) is 0.584. The van der Waals surface area contributed by atoms with E-state index in [4.69, 9.17) is 0 Å². The predicted molar refractivity (Wildman–Crippen MR) is 114 cm³/mol. The average Bonchev–Trinajstić information content (AvgIpc) is 2.97. The van der Waals surface area contributed by atoms with Crippen LogP contribution in [-0.4, -0.2) is 35.5 Å². The molecule has 0 aliphatic carbocycles. The Balaban J connectivity index is 1.48. The fraction of sp³-hybridized carbons (Fsp3) is 0.250. The van der Waals surface area contributed by atoms with Crippen molar-refractivity contribution < 1.29 is 22.8 Å². The summed E-state index contributed by atoms with van der Waals surface area (Å²) in [6, 6.07) is 17.7. The van der Waals surface area contributed by atoms with Crippen molar-refractivity contribution in [3.05, 3.63) is 83.4 Å². The first-order valence-electron chi connectivity index (χ1n) is 10.1. The summed E-state index contributed by atoms with van der Waals surface area (Å²) in [7, 11) is 1.70. The fourth-order valence-corrected chi connectivity index (χ4v) is 3.92. The van der Waals surface area contributed by atoms with Crippen molar-refractivity contribution in [1.82, 2.24) is 15.1 Å². The molecule has 1 heterocycles. The maximum atomic E-state index is 13.2. The molecule has 4 rings (SSSR count). The molecule has 32 heavy (non-hydrogen) atoms. The summed E-state index contributed by atoms with van der Waals surface area (Å²) in [6.45, 7) is 1.96. The number of urea groups is 1. The molecule has 1 N–H and O–H groups in total. The van der Waals surface area contributed by atoms with E-state index in [1.807, 2.05) is 42.5 Å². The summed E-state index contributed by atoms with van der Waals surface area (Å²) in [5.41, 5.74) is -0.590. The van der Waals surface area contributed by atoms with Crippen molar-refractivity contribution in [2.75, 3.05) is 13.7 Å². The van der Waals surface area contributed by atoms with Crippen LogP contribution in [0.2, 0.25) is 0 Å². The van der Waals surface area contributed by atoms with Crippen LogP contribution in [0.15, 0.2) is 66.7 Å². The van der Waals surface area contributed by atoms with Gasteiger partial charge >= 0.3 is 12.2 Å². The number of hydrogen-bond donors (Lipinski definition) is 1. The number of imide groups is 1. The largest absolute Gasteiger partial charge is 0.416 e.